The van der Waals surface area contributed by atoms with Gasteiger partial charge in [-0.05, 0) is 79.4 Å². The number of fused-ring (bicyclic) bond motifs is 1. The number of hydrogen-bond donors (Lipinski definition) is 3. The van der Waals surface area contributed by atoms with Crippen molar-refractivity contribution >= 4 is 39.0 Å². The smallest absolute Gasteiger partial charge is 0.303 e. The standard InChI is InChI=1S/C27H31BrN4O2.H3N/c1-18-9-12-23(15-22(18)17-30(3)16-21-7-5-6-8-24(21)28)32-27-19(2)20(11-14-26(33)34)10-13-25(27)31(4)29-32;/h5-10,12-13,15,29H,11,14,16-17H2,1-4H3,(H,33,34);1H3. The molecular weight excluding hydrogens is 506 g/mol. The fourth-order valence-corrected chi connectivity index (χ4v) is 4.88. The molecule has 0 fully saturated rings. The summed E-state index contributed by atoms with van der Waals surface area (Å²) in [5.74, 6) is -0.776. The molecule has 3 aromatic rings. The molecule has 0 saturated heterocycles. The summed E-state index contributed by atoms with van der Waals surface area (Å²) in [6.45, 7) is 5.91. The van der Waals surface area contributed by atoms with Gasteiger partial charge in [0.05, 0.1) is 17.1 Å². The van der Waals surface area contributed by atoms with Crippen molar-refractivity contribution in [2.75, 3.05) is 24.1 Å². The Bertz CT molecular complexity index is 1220. The minimum absolute atomic E-state index is 0. The van der Waals surface area contributed by atoms with Crippen molar-refractivity contribution in [1.82, 2.24) is 16.6 Å². The first-order valence-corrected chi connectivity index (χ1v) is 12.2. The SMILES string of the molecule is Cc1ccc(N2NN(C)c3ccc(CCC(=O)O)c(C)c32)cc1CN(C)Cc1ccccc1Br.N. The van der Waals surface area contributed by atoms with E-state index in [0.717, 1.165) is 45.8 Å². The van der Waals surface area contributed by atoms with Gasteiger partial charge in [-0.2, -0.15) is 0 Å². The maximum absolute atomic E-state index is 11.1. The molecule has 4 rings (SSSR count). The number of carboxylic acid groups (broad SMARTS) is 1. The van der Waals surface area contributed by atoms with Crippen molar-refractivity contribution in [3.05, 3.63) is 86.9 Å². The number of halogens is 1. The van der Waals surface area contributed by atoms with Crippen LogP contribution in [0, 0.1) is 13.8 Å². The Morgan fingerprint density at radius 3 is 2.46 bits per heavy atom. The van der Waals surface area contributed by atoms with Crippen LogP contribution in [-0.4, -0.2) is 30.1 Å². The van der Waals surface area contributed by atoms with Gasteiger partial charge in [-0.25, -0.2) is 0 Å². The van der Waals surface area contributed by atoms with Gasteiger partial charge in [-0.15, -0.1) is 5.53 Å². The molecule has 0 spiro atoms. The van der Waals surface area contributed by atoms with Gasteiger partial charge in [0.15, 0.2) is 0 Å². The Balaban J connectivity index is 0.00000342. The molecule has 1 heterocycles. The molecule has 0 atom stereocenters. The average Bonchev–Trinajstić information content (AvgIpc) is 3.13. The second kappa shape index (κ2) is 11.2. The Hall–Kier alpha value is -2.91. The topological polar surface area (TPSA) is 94.1 Å². The van der Waals surface area contributed by atoms with E-state index < -0.39 is 5.97 Å². The lowest BCUT2D eigenvalue weighted by Gasteiger charge is -2.24. The number of rotatable bonds is 8. The van der Waals surface area contributed by atoms with Crippen LogP contribution in [0.15, 0.2) is 59.1 Å². The molecule has 8 heteroatoms. The van der Waals surface area contributed by atoms with Crippen LogP contribution in [-0.2, 0) is 24.3 Å². The lowest BCUT2D eigenvalue weighted by atomic mass is 10.00. The third-order valence-corrected chi connectivity index (χ3v) is 7.17. The maximum Gasteiger partial charge on any atom is 0.303 e. The molecule has 7 nitrogen and oxygen atoms in total. The Labute approximate surface area is 216 Å². The quantitative estimate of drug-likeness (QED) is 0.328. The Morgan fingerprint density at radius 1 is 1.03 bits per heavy atom. The molecule has 0 unspecified atom stereocenters. The van der Waals surface area contributed by atoms with Crippen molar-refractivity contribution in [3.8, 4) is 0 Å². The second-order valence-corrected chi connectivity index (χ2v) is 9.83. The summed E-state index contributed by atoms with van der Waals surface area (Å²) in [6.07, 6.45) is 0.645. The van der Waals surface area contributed by atoms with Gasteiger partial charge in [0.25, 0.3) is 0 Å². The van der Waals surface area contributed by atoms with E-state index in [2.05, 4.69) is 94.7 Å². The molecule has 0 aliphatic carbocycles. The number of carbonyl (C=O) groups is 1. The summed E-state index contributed by atoms with van der Waals surface area (Å²) in [6, 6.07) is 19.0. The van der Waals surface area contributed by atoms with Crippen LogP contribution >= 0.6 is 15.9 Å². The van der Waals surface area contributed by atoms with Crippen LogP contribution in [0.2, 0.25) is 0 Å². The number of benzene rings is 3. The Morgan fingerprint density at radius 2 is 1.74 bits per heavy atom. The first kappa shape index (κ1) is 26.7. The van der Waals surface area contributed by atoms with E-state index in [1.54, 1.807) is 0 Å². The van der Waals surface area contributed by atoms with Gasteiger partial charge < -0.3 is 11.3 Å². The van der Waals surface area contributed by atoms with Gasteiger partial charge in [-0.3, -0.25) is 19.7 Å². The van der Waals surface area contributed by atoms with Crippen LogP contribution in [0.1, 0.15) is 34.2 Å². The summed E-state index contributed by atoms with van der Waals surface area (Å²) < 4.78 is 1.13. The number of aryl methyl sites for hydroxylation is 2. The van der Waals surface area contributed by atoms with Crippen molar-refractivity contribution < 1.29 is 9.90 Å². The first-order valence-electron chi connectivity index (χ1n) is 11.4. The summed E-state index contributed by atoms with van der Waals surface area (Å²) in [5.41, 5.74) is 12.6. The number of hydrogen-bond acceptors (Lipinski definition) is 6. The molecule has 1 aliphatic heterocycles. The summed E-state index contributed by atoms with van der Waals surface area (Å²) in [5, 5.41) is 13.2. The zero-order valence-electron chi connectivity index (χ0n) is 20.8. The lowest BCUT2D eigenvalue weighted by Crippen LogP contribution is -2.39. The van der Waals surface area contributed by atoms with Gasteiger partial charge in [0.1, 0.15) is 0 Å². The third kappa shape index (κ3) is 5.85. The number of hydrazine groups is 2. The van der Waals surface area contributed by atoms with Crippen LogP contribution in [0.4, 0.5) is 17.1 Å². The molecule has 0 radical (unpaired) electrons. The number of nitrogens with zero attached hydrogens (tertiary/aromatic N) is 3. The van der Waals surface area contributed by atoms with Crippen LogP contribution < -0.4 is 21.7 Å². The largest absolute Gasteiger partial charge is 0.481 e. The highest BCUT2D eigenvalue weighted by Gasteiger charge is 2.28. The molecule has 3 aromatic carbocycles. The fourth-order valence-electron chi connectivity index (χ4n) is 4.47. The van der Waals surface area contributed by atoms with Crippen molar-refractivity contribution in [2.45, 2.75) is 39.8 Å². The molecule has 0 bridgehead atoms. The molecule has 0 saturated carbocycles. The van der Waals surface area contributed by atoms with E-state index in [4.69, 9.17) is 5.11 Å². The molecule has 186 valence electrons. The van der Waals surface area contributed by atoms with Crippen molar-refractivity contribution in [1.29, 1.82) is 0 Å². The first-order chi connectivity index (χ1) is 16.2. The van der Waals surface area contributed by atoms with E-state index in [9.17, 15) is 4.79 Å². The van der Waals surface area contributed by atoms with E-state index in [-0.39, 0.29) is 12.6 Å². The highest BCUT2D eigenvalue weighted by atomic mass is 79.9. The molecule has 0 aromatic heterocycles. The second-order valence-electron chi connectivity index (χ2n) is 8.98. The minimum atomic E-state index is -0.776. The zero-order chi connectivity index (χ0) is 24.4. The maximum atomic E-state index is 11.1. The van der Waals surface area contributed by atoms with Crippen LogP contribution in [0.25, 0.3) is 0 Å². The molecule has 1 aliphatic rings. The van der Waals surface area contributed by atoms with Crippen LogP contribution in [0.3, 0.4) is 0 Å². The lowest BCUT2D eigenvalue weighted by molar-refractivity contribution is -0.136. The Kier molecular flexibility index (Phi) is 8.56. The monoisotopic (exact) mass is 539 g/mol. The van der Waals surface area contributed by atoms with Gasteiger partial charge in [-0.1, -0.05) is 46.3 Å². The van der Waals surface area contributed by atoms with E-state index in [0.29, 0.717) is 6.42 Å². The summed E-state index contributed by atoms with van der Waals surface area (Å²) in [7, 11) is 4.14. The van der Waals surface area contributed by atoms with E-state index in [1.165, 1.54) is 16.7 Å². The van der Waals surface area contributed by atoms with E-state index in [1.807, 2.05) is 24.2 Å². The molecule has 5 N–H and O–H groups in total. The number of nitrogens with one attached hydrogen (secondary N) is 1. The number of anilines is 3. The molecule has 35 heavy (non-hydrogen) atoms. The molecule has 0 amide bonds. The zero-order valence-corrected chi connectivity index (χ0v) is 22.4. The van der Waals surface area contributed by atoms with E-state index >= 15 is 0 Å². The average molecular weight is 541 g/mol. The highest BCUT2D eigenvalue weighted by Crippen LogP contribution is 2.41. The fraction of sp³-hybridized carbons (Fsp3) is 0.296. The number of aliphatic carboxylic acids is 1. The van der Waals surface area contributed by atoms with Crippen LogP contribution in [0.5, 0.6) is 0 Å². The predicted octanol–water partition coefficient (Wildman–Crippen LogP) is 5.88. The molecular formula is C27H34BrN5O2. The third-order valence-electron chi connectivity index (χ3n) is 6.39. The number of carboxylic acids is 1. The normalized spacial score (nSPS) is 12.6. The predicted molar refractivity (Wildman–Crippen MR) is 146 cm³/mol. The summed E-state index contributed by atoms with van der Waals surface area (Å²) in [4.78, 5) is 13.4. The summed E-state index contributed by atoms with van der Waals surface area (Å²) >= 11 is 3.65. The minimum Gasteiger partial charge on any atom is -0.481 e. The van der Waals surface area contributed by atoms with Gasteiger partial charge in [0.2, 0.25) is 0 Å². The highest BCUT2D eigenvalue weighted by molar-refractivity contribution is 9.10. The van der Waals surface area contributed by atoms with Crippen molar-refractivity contribution in [3.63, 3.8) is 0 Å². The van der Waals surface area contributed by atoms with Gasteiger partial charge in [0, 0.05) is 31.0 Å². The van der Waals surface area contributed by atoms with Gasteiger partial charge >= 0.3 is 5.97 Å². The van der Waals surface area contributed by atoms with Crippen molar-refractivity contribution in [2.24, 2.45) is 0 Å².